The van der Waals surface area contributed by atoms with E-state index in [0.717, 1.165) is 35.6 Å². The Kier molecular flexibility index (Phi) is 4.51. The molecule has 1 N–H and O–H groups in total. The third kappa shape index (κ3) is 3.37. The van der Waals surface area contributed by atoms with E-state index < -0.39 is 33.6 Å². The number of rotatable bonds is 6. The van der Waals surface area contributed by atoms with Crippen LogP contribution in [-0.4, -0.2) is 40.6 Å². The Bertz CT molecular complexity index is 1030. The maximum absolute atomic E-state index is 13.0. The van der Waals surface area contributed by atoms with Gasteiger partial charge in [0.2, 0.25) is 21.4 Å². The highest BCUT2D eigenvalue weighted by molar-refractivity contribution is 7.93. The van der Waals surface area contributed by atoms with Crippen LogP contribution in [0.4, 0.5) is 4.39 Å². The summed E-state index contributed by atoms with van der Waals surface area (Å²) in [6.45, 7) is 0. The second-order valence-electron chi connectivity index (χ2n) is 4.86. The molecule has 0 unspecified atom stereocenters. The molecule has 8 nitrogen and oxygen atoms in total. The molecule has 2 heterocycles. The van der Waals surface area contributed by atoms with Gasteiger partial charge in [-0.1, -0.05) is 0 Å². The number of halogens is 1. The lowest BCUT2D eigenvalue weighted by molar-refractivity contribution is -0.114. The number of H-pyrrole nitrogens is 1. The number of nitrogens with zero attached hydrogens (tertiary/aromatic N) is 3. The maximum atomic E-state index is 13.0. The summed E-state index contributed by atoms with van der Waals surface area (Å²) in [6, 6.07) is 5.79. The van der Waals surface area contributed by atoms with Crippen molar-refractivity contribution in [1.82, 2.24) is 20.6 Å². The van der Waals surface area contributed by atoms with E-state index in [9.17, 15) is 22.4 Å². The van der Waals surface area contributed by atoms with E-state index in [1.54, 1.807) is 0 Å². The average molecular weight is 380 g/mol. The van der Waals surface area contributed by atoms with Crippen molar-refractivity contribution in [3.8, 4) is 0 Å². The second-order valence-corrected chi connectivity index (χ2v) is 7.92. The Hall–Kier alpha value is -2.79. The van der Waals surface area contributed by atoms with Crippen LogP contribution in [0, 0.1) is 5.82 Å². The van der Waals surface area contributed by atoms with Crippen molar-refractivity contribution >= 4 is 32.7 Å². The number of sulfone groups is 1. The smallest absolute Gasteiger partial charge is 0.269 e. The first-order valence-electron chi connectivity index (χ1n) is 6.77. The van der Waals surface area contributed by atoms with Crippen LogP contribution in [0.5, 0.6) is 0 Å². The first-order chi connectivity index (χ1) is 11.9. The fourth-order valence-electron chi connectivity index (χ4n) is 2.05. The van der Waals surface area contributed by atoms with E-state index in [0.29, 0.717) is 0 Å². The van der Waals surface area contributed by atoms with Gasteiger partial charge in [-0.15, -0.1) is 21.5 Å². The summed E-state index contributed by atoms with van der Waals surface area (Å²) in [4.78, 5) is 23.8. The number of hydrogen-bond acceptors (Lipinski definition) is 8. The Morgan fingerprint density at radius 2 is 1.88 bits per heavy atom. The Morgan fingerprint density at radius 3 is 2.52 bits per heavy atom. The van der Waals surface area contributed by atoms with Crippen LogP contribution in [0.15, 0.2) is 44.8 Å². The molecule has 0 saturated heterocycles. The van der Waals surface area contributed by atoms with Crippen molar-refractivity contribution in [2.75, 3.05) is 0 Å². The van der Waals surface area contributed by atoms with Crippen LogP contribution in [-0.2, 0) is 21.1 Å². The minimum atomic E-state index is -3.93. The van der Waals surface area contributed by atoms with Crippen LogP contribution >= 0.6 is 11.3 Å². The zero-order valence-electron chi connectivity index (χ0n) is 12.3. The van der Waals surface area contributed by atoms with Gasteiger partial charge in [0.25, 0.3) is 5.78 Å². The minimum absolute atomic E-state index is 0.0756. The zero-order valence-corrected chi connectivity index (χ0v) is 14.0. The van der Waals surface area contributed by atoms with E-state index in [-0.39, 0.29) is 20.5 Å². The lowest BCUT2D eigenvalue weighted by Gasteiger charge is -2.05. The lowest BCUT2D eigenvalue weighted by Crippen LogP contribution is -2.19. The molecule has 3 rings (SSSR count). The fourth-order valence-corrected chi connectivity index (χ4v) is 4.85. The number of aromatic nitrogens is 4. The molecular formula is C14H9FN4O4S2. The number of hydrogen-bond donors (Lipinski definition) is 1. The van der Waals surface area contributed by atoms with Gasteiger partial charge >= 0.3 is 0 Å². The highest BCUT2D eigenvalue weighted by Gasteiger charge is 2.27. The number of tetrazole rings is 1. The molecule has 2 aromatic heterocycles. The van der Waals surface area contributed by atoms with Crippen LogP contribution in [0.1, 0.15) is 16.2 Å². The van der Waals surface area contributed by atoms with Gasteiger partial charge in [0.1, 0.15) is 10.0 Å². The molecule has 0 aliphatic carbocycles. The monoisotopic (exact) mass is 380 g/mol. The van der Waals surface area contributed by atoms with Gasteiger partial charge in [-0.3, -0.25) is 9.59 Å². The summed E-state index contributed by atoms with van der Waals surface area (Å²) in [5.41, 5.74) is 0.177. The Labute approximate surface area is 144 Å². The maximum Gasteiger partial charge on any atom is 0.269 e. The van der Waals surface area contributed by atoms with Gasteiger partial charge in [0, 0.05) is 6.42 Å². The summed E-state index contributed by atoms with van der Waals surface area (Å²) in [6.07, 6.45) is -0.424. The van der Waals surface area contributed by atoms with Crippen molar-refractivity contribution in [3.05, 3.63) is 52.9 Å². The molecule has 1 aromatic carbocycles. The topological polar surface area (TPSA) is 123 Å². The van der Waals surface area contributed by atoms with E-state index in [4.69, 9.17) is 0 Å². The van der Waals surface area contributed by atoms with Crippen LogP contribution in [0.2, 0.25) is 0 Å². The standard InChI is InChI=1S/C14H9FN4O4S2/c15-9-1-3-10(4-2-9)25(22,23)14-8(5-6-24-14)7-11(20)12(21)13-16-18-19-17-13/h1-6H,7H2,(H,16,17,18,19). The number of benzene rings is 1. The third-order valence-electron chi connectivity index (χ3n) is 3.23. The van der Waals surface area contributed by atoms with Gasteiger partial charge in [0.05, 0.1) is 4.90 Å². The van der Waals surface area contributed by atoms with Crippen LogP contribution in [0.3, 0.4) is 0 Å². The normalized spacial score (nSPS) is 11.4. The molecule has 0 fully saturated rings. The molecule has 0 bridgehead atoms. The molecule has 0 amide bonds. The van der Waals surface area contributed by atoms with E-state index >= 15 is 0 Å². The Balaban J connectivity index is 1.89. The third-order valence-corrected chi connectivity index (χ3v) is 6.57. The average Bonchev–Trinajstić information content (AvgIpc) is 3.26. The number of ketones is 2. The molecule has 128 valence electrons. The van der Waals surface area contributed by atoms with Crippen molar-refractivity contribution in [1.29, 1.82) is 0 Å². The number of Topliss-reactive ketones (excluding diaryl/α,β-unsaturated/α-hetero) is 2. The molecule has 3 aromatic rings. The van der Waals surface area contributed by atoms with Gasteiger partial charge in [-0.2, -0.15) is 5.21 Å². The molecule has 0 aliphatic heterocycles. The first-order valence-corrected chi connectivity index (χ1v) is 9.14. The second kappa shape index (κ2) is 6.61. The van der Waals surface area contributed by atoms with Crippen molar-refractivity contribution in [2.24, 2.45) is 0 Å². The quantitative estimate of drug-likeness (QED) is 0.387. The molecule has 0 radical (unpaired) electrons. The highest BCUT2D eigenvalue weighted by atomic mass is 32.2. The summed E-state index contributed by atoms with van der Waals surface area (Å²) >= 11 is 0.912. The summed E-state index contributed by atoms with van der Waals surface area (Å²) < 4.78 is 38.2. The van der Waals surface area contributed by atoms with E-state index in [1.165, 1.54) is 11.4 Å². The fraction of sp³-hybridized carbons (Fsp3) is 0.0714. The summed E-state index contributed by atoms with van der Waals surface area (Å²) in [5, 5.41) is 13.6. The molecule has 0 spiro atoms. The zero-order chi connectivity index (χ0) is 18.0. The predicted molar refractivity (Wildman–Crippen MR) is 83.4 cm³/mol. The summed E-state index contributed by atoms with van der Waals surface area (Å²) in [7, 11) is -3.93. The molecule has 25 heavy (non-hydrogen) atoms. The van der Waals surface area contributed by atoms with Crippen molar-refractivity contribution in [2.45, 2.75) is 15.5 Å². The van der Waals surface area contributed by atoms with Crippen molar-refractivity contribution in [3.63, 3.8) is 0 Å². The predicted octanol–water partition coefficient (Wildman–Crippen LogP) is 1.23. The highest BCUT2D eigenvalue weighted by Crippen LogP contribution is 2.29. The molecule has 11 heteroatoms. The molecular weight excluding hydrogens is 371 g/mol. The first kappa shape index (κ1) is 17.0. The SMILES string of the molecule is O=C(Cc1ccsc1S(=O)(=O)c1ccc(F)cc1)C(=O)c1nn[nH]n1. The number of nitrogens with one attached hydrogen (secondary N) is 1. The van der Waals surface area contributed by atoms with Gasteiger partial charge in [-0.25, -0.2) is 12.8 Å². The molecule has 0 saturated carbocycles. The minimum Gasteiger partial charge on any atom is -0.290 e. The van der Waals surface area contributed by atoms with Crippen molar-refractivity contribution < 1.29 is 22.4 Å². The van der Waals surface area contributed by atoms with Gasteiger partial charge in [-0.05, 0) is 46.5 Å². The summed E-state index contributed by atoms with van der Waals surface area (Å²) in [5.74, 6) is -2.78. The number of carbonyl (C=O) groups is 2. The largest absolute Gasteiger partial charge is 0.290 e. The number of thiophene rings is 1. The molecule has 0 atom stereocenters. The van der Waals surface area contributed by atoms with E-state index in [1.807, 2.05) is 0 Å². The lowest BCUT2D eigenvalue weighted by atomic mass is 10.1. The van der Waals surface area contributed by atoms with Crippen LogP contribution < -0.4 is 0 Å². The number of aromatic amines is 1. The van der Waals surface area contributed by atoms with Gasteiger partial charge in [0.15, 0.2) is 0 Å². The Morgan fingerprint density at radius 1 is 1.16 bits per heavy atom. The van der Waals surface area contributed by atoms with Gasteiger partial charge < -0.3 is 0 Å². The van der Waals surface area contributed by atoms with E-state index in [2.05, 4.69) is 20.6 Å². The number of carbonyl (C=O) groups excluding carboxylic acids is 2. The molecule has 0 aliphatic rings. The van der Waals surface area contributed by atoms with Crippen LogP contribution in [0.25, 0.3) is 0 Å².